The van der Waals surface area contributed by atoms with Gasteiger partial charge in [-0.2, -0.15) is 0 Å². The second-order valence-electron chi connectivity index (χ2n) is 17.4. The quantitative estimate of drug-likeness (QED) is 0.0115. The van der Waals surface area contributed by atoms with Crippen LogP contribution in [-0.2, 0) is 32.7 Å². The van der Waals surface area contributed by atoms with Crippen molar-refractivity contribution >= 4 is 19.8 Å². The average Bonchev–Trinajstić information content (AvgIpc) is 3.24. The predicted molar refractivity (Wildman–Crippen MR) is 260 cm³/mol. The maximum atomic E-state index is 12.8. The molecule has 0 radical (unpaired) electrons. The zero-order chi connectivity index (χ0) is 47.6. The first kappa shape index (κ1) is 61.1. The molecule has 64 heavy (non-hydrogen) atoms. The molecule has 1 unspecified atom stereocenters. The number of phosphoric ester groups is 1. The number of unbranched alkanes of at least 4 members (excludes halogenated alkanes) is 12. The van der Waals surface area contributed by atoms with Gasteiger partial charge in [0.1, 0.15) is 19.8 Å². The van der Waals surface area contributed by atoms with Crippen LogP contribution >= 0.6 is 7.82 Å². The smallest absolute Gasteiger partial charge is 0.462 e. The van der Waals surface area contributed by atoms with Gasteiger partial charge in [0.05, 0.1) is 46.1 Å². The molecule has 0 aliphatic carbocycles. The molecule has 12 nitrogen and oxygen atoms in total. The molecule has 0 saturated carbocycles. The fraction of sp³-hybridized carbons (Fsp3) is 0.686. The normalized spacial score (nSPS) is 15.7. The van der Waals surface area contributed by atoms with Gasteiger partial charge in [0.25, 0.3) is 0 Å². The summed E-state index contributed by atoms with van der Waals surface area (Å²) in [6.07, 6.45) is 42.8. The number of quaternary nitrogens is 1. The van der Waals surface area contributed by atoms with Gasteiger partial charge in [0.2, 0.25) is 0 Å². The Morgan fingerprint density at radius 2 is 1.12 bits per heavy atom. The summed E-state index contributed by atoms with van der Waals surface area (Å²) in [5, 5.41) is 30.6. The lowest BCUT2D eigenvalue weighted by atomic mass is 10.1. The Bertz CT molecular complexity index is 1420. The second-order valence-corrected chi connectivity index (χ2v) is 18.8. The van der Waals surface area contributed by atoms with E-state index >= 15 is 0 Å². The number of carbonyl (C=O) groups excluding carboxylic acids is 2. The Hall–Kier alpha value is -2.93. The van der Waals surface area contributed by atoms with Crippen molar-refractivity contribution in [1.82, 2.24) is 0 Å². The molecular weight excluding hydrogens is 834 g/mol. The van der Waals surface area contributed by atoms with Crippen LogP contribution in [0, 0.1) is 0 Å². The number of allylic oxidation sites excluding steroid dienone is 12. The molecular formula is C51H89NO11P+. The van der Waals surface area contributed by atoms with Crippen LogP contribution < -0.4 is 0 Å². The van der Waals surface area contributed by atoms with Crippen LogP contribution in [0.3, 0.4) is 0 Å². The standard InChI is InChI=1S/C51H88NO11P/c1-6-8-10-11-12-13-14-15-16-17-18-19-20-21-22-23-24-25-30-34-40-50(56)60-44-47(45-62-64(58,59)61-43-42-52(3,4)5)63-51(57)41-35-39-49(55)48(54)38-33-29-27-26-28-32-37-46(53)36-31-9-7-2/h13-14,16-17,19-20,26-29,32-33,37-38,46-49,53-55H,6-12,15,18,21-25,30-31,34-36,39-45H2,1-5H3/p+1/b14-13-,17-16-,20-19-,28-26-,29-27+,37-32+,38-33+/t46-,47+,48-,49-/m0/s1. The molecule has 0 amide bonds. The first-order valence-electron chi connectivity index (χ1n) is 24.1. The van der Waals surface area contributed by atoms with E-state index in [0.717, 1.165) is 77.0 Å². The molecule has 0 aromatic heterocycles. The maximum Gasteiger partial charge on any atom is 0.472 e. The van der Waals surface area contributed by atoms with E-state index < -0.39 is 50.8 Å². The highest BCUT2D eigenvalue weighted by atomic mass is 31.2. The fourth-order valence-corrected chi connectivity index (χ4v) is 6.79. The summed E-state index contributed by atoms with van der Waals surface area (Å²) >= 11 is 0. The summed E-state index contributed by atoms with van der Waals surface area (Å²) in [6, 6.07) is 0. The largest absolute Gasteiger partial charge is 0.472 e. The van der Waals surface area contributed by atoms with Crippen molar-refractivity contribution in [3.05, 3.63) is 85.1 Å². The van der Waals surface area contributed by atoms with Crippen LogP contribution in [0.25, 0.3) is 0 Å². The number of phosphoric acid groups is 1. The van der Waals surface area contributed by atoms with Gasteiger partial charge in [-0.3, -0.25) is 18.6 Å². The molecule has 0 fully saturated rings. The summed E-state index contributed by atoms with van der Waals surface area (Å²) < 4.78 is 34.1. The number of ether oxygens (including phenoxy) is 2. The van der Waals surface area contributed by atoms with Gasteiger partial charge in [0.15, 0.2) is 6.10 Å². The minimum atomic E-state index is -4.49. The number of hydrogen-bond donors (Lipinski definition) is 4. The number of aliphatic hydroxyl groups excluding tert-OH is 3. The van der Waals surface area contributed by atoms with E-state index in [2.05, 4.69) is 50.3 Å². The minimum absolute atomic E-state index is 0.0389. The lowest BCUT2D eigenvalue weighted by Gasteiger charge is -2.24. The van der Waals surface area contributed by atoms with Crippen LogP contribution in [0.4, 0.5) is 0 Å². The number of nitrogens with zero attached hydrogens (tertiary/aromatic N) is 1. The number of esters is 2. The molecule has 0 aliphatic heterocycles. The Morgan fingerprint density at radius 1 is 0.594 bits per heavy atom. The summed E-state index contributed by atoms with van der Waals surface area (Å²) in [4.78, 5) is 35.5. The average molecular weight is 923 g/mol. The number of carbonyl (C=O) groups is 2. The van der Waals surface area contributed by atoms with Crippen LogP contribution in [0.5, 0.6) is 0 Å². The van der Waals surface area contributed by atoms with E-state index in [1.54, 1.807) is 42.5 Å². The summed E-state index contributed by atoms with van der Waals surface area (Å²) in [5.41, 5.74) is 0. The molecule has 13 heteroatoms. The lowest BCUT2D eigenvalue weighted by molar-refractivity contribution is -0.870. The zero-order valence-electron chi connectivity index (χ0n) is 40.3. The molecule has 0 spiro atoms. The number of rotatable bonds is 42. The van der Waals surface area contributed by atoms with Crippen molar-refractivity contribution in [2.75, 3.05) is 47.5 Å². The van der Waals surface area contributed by atoms with Crippen molar-refractivity contribution in [1.29, 1.82) is 0 Å². The van der Waals surface area contributed by atoms with Crippen molar-refractivity contribution in [3.8, 4) is 0 Å². The second kappa shape index (κ2) is 41.5. The highest BCUT2D eigenvalue weighted by Crippen LogP contribution is 2.43. The van der Waals surface area contributed by atoms with Gasteiger partial charge in [-0.15, -0.1) is 0 Å². The molecule has 0 saturated heterocycles. The first-order valence-corrected chi connectivity index (χ1v) is 25.6. The van der Waals surface area contributed by atoms with E-state index in [1.807, 2.05) is 21.1 Å². The van der Waals surface area contributed by atoms with Crippen LogP contribution in [0.15, 0.2) is 85.1 Å². The molecule has 0 bridgehead atoms. The molecule has 0 aromatic carbocycles. The van der Waals surface area contributed by atoms with Crippen molar-refractivity contribution in [2.24, 2.45) is 0 Å². The molecule has 368 valence electrons. The molecule has 0 heterocycles. The fourth-order valence-electron chi connectivity index (χ4n) is 6.05. The van der Waals surface area contributed by atoms with Gasteiger partial charge in [-0.05, 0) is 64.2 Å². The SMILES string of the molecule is CCCCCC/C=C\C/C=C\C/C=C\CCCCCCCCC(=O)OC[C@H](COP(=O)(O)OCC[N+](C)(C)C)OC(=O)CCC[C@H](O)[C@@H](O)/C=C/C=C/C=C\C=C\[C@@H](O)CCCCC. The van der Waals surface area contributed by atoms with Crippen LogP contribution in [0.1, 0.15) is 155 Å². The molecule has 5 atom stereocenters. The third-order valence-corrected chi connectivity index (χ3v) is 11.0. The Morgan fingerprint density at radius 3 is 1.75 bits per heavy atom. The van der Waals surface area contributed by atoms with Crippen LogP contribution in [0.2, 0.25) is 0 Å². The molecule has 0 rings (SSSR count). The van der Waals surface area contributed by atoms with Gasteiger partial charge < -0.3 is 34.2 Å². The predicted octanol–water partition coefficient (Wildman–Crippen LogP) is 10.9. The molecule has 0 aliphatic rings. The molecule has 4 N–H and O–H groups in total. The first-order chi connectivity index (χ1) is 30.7. The Balaban J connectivity index is 4.65. The summed E-state index contributed by atoms with van der Waals surface area (Å²) in [6.45, 7) is 3.87. The van der Waals surface area contributed by atoms with Gasteiger partial charge in [-0.1, -0.05) is 163 Å². The van der Waals surface area contributed by atoms with Gasteiger partial charge in [0, 0.05) is 12.8 Å². The third-order valence-electron chi connectivity index (χ3n) is 10.0. The van der Waals surface area contributed by atoms with Crippen molar-refractivity contribution in [3.63, 3.8) is 0 Å². The Labute approximate surface area is 388 Å². The summed E-state index contributed by atoms with van der Waals surface area (Å²) in [5.74, 6) is -1.15. The molecule has 0 aromatic rings. The van der Waals surface area contributed by atoms with E-state index in [-0.39, 0.29) is 38.9 Å². The zero-order valence-corrected chi connectivity index (χ0v) is 41.2. The number of hydrogen-bond acceptors (Lipinski definition) is 10. The topological polar surface area (TPSA) is 169 Å². The van der Waals surface area contributed by atoms with E-state index in [1.165, 1.54) is 38.2 Å². The monoisotopic (exact) mass is 923 g/mol. The van der Waals surface area contributed by atoms with E-state index in [0.29, 0.717) is 17.4 Å². The highest BCUT2D eigenvalue weighted by molar-refractivity contribution is 7.47. The highest BCUT2D eigenvalue weighted by Gasteiger charge is 2.27. The number of aliphatic hydroxyl groups is 3. The van der Waals surface area contributed by atoms with Crippen molar-refractivity contribution in [2.45, 2.75) is 180 Å². The third kappa shape index (κ3) is 43.0. The van der Waals surface area contributed by atoms with E-state index in [4.69, 9.17) is 18.5 Å². The Kier molecular flexibility index (Phi) is 39.6. The van der Waals surface area contributed by atoms with Gasteiger partial charge in [-0.25, -0.2) is 4.57 Å². The lowest BCUT2D eigenvalue weighted by Crippen LogP contribution is -2.37. The van der Waals surface area contributed by atoms with Gasteiger partial charge >= 0.3 is 19.8 Å². The maximum absolute atomic E-state index is 12.8. The van der Waals surface area contributed by atoms with Crippen molar-refractivity contribution < 1.29 is 57.4 Å². The minimum Gasteiger partial charge on any atom is -0.462 e. The summed E-state index contributed by atoms with van der Waals surface area (Å²) in [7, 11) is 1.24. The number of likely N-dealkylation sites (N-methyl/N-ethyl adjacent to an activating group) is 1. The van der Waals surface area contributed by atoms with Crippen LogP contribution in [-0.4, -0.2) is 109 Å². The van der Waals surface area contributed by atoms with E-state index in [9.17, 15) is 34.4 Å².